The minimum atomic E-state index is -0.938. The van der Waals surface area contributed by atoms with Gasteiger partial charge in [-0.15, -0.1) is 0 Å². The first kappa shape index (κ1) is 27.2. The number of hydrogen-bond donors (Lipinski definition) is 2. The van der Waals surface area contributed by atoms with E-state index in [-0.39, 0.29) is 22.5 Å². The van der Waals surface area contributed by atoms with Crippen molar-refractivity contribution in [3.63, 3.8) is 0 Å². The zero-order chi connectivity index (χ0) is 28.1. The zero-order valence-corrected chi connectivity index (χ0v) is 23.3. The number of nitrogens with two attached hydrogens (primary N) is 1. The molecule has 4 aromatic rings. The van der Waals surface area contributed by atoms with E-state index < -0.39 is 11.9 Å². The maximum Gasteiger partial charge on any atom is 0.273 e. The van der Waals surface area contributed by atoms with Gasteiger partial charge in [-0.3, -0.25) is 14.5 Å². The van der Waals surface area contributed by atoms with Gasteiger partial charge in [0, 0.05) is 17.3 Å². The average Bonchev–Trinajstić information content (AvgIpc) is 3.65. The van der Waals surface area contributed by atoms with Crippen LogP contribution in [0.1, 0.15) is 47.0 Å². The van der Waals surface area contributed by atoms with Crippen LogP contribution < -0.4 is 25.4 Å². The summed E-state index contributed by atoms with van der Waals surface area (Å²) in [5.41, 5.74) is 9.35. The summed E-state index contributed by atoms with van der Waals surface area (Å²) in [6.45, 7) is 0. The number of rotatable bonds is 9. The molecule has 40 heavy (non-hydrogen) atoms. The van der Waals surface area contributed by atoms with Gasteiger partial charge >= 0.3 is 0 Å². The van der Waals surface area contributed by atoms with E-state index in [1.165, 1.54) is 4.90 Å². The van der Waals surface area contributed by atoms with E-state index in [0.29, 0.717) is 28.4 Å². The molecule has 1 fully saturated rings. The number of amides is 2. The lowest BCUT2D eigenvalue weighted by molar-refractivity contribution is -0.123. The maximum atomic E-state index is 14.4. The van der Waals surface area contributed by atoms with Gasteiger partial charge in [-0.1, -0.05) is 43.2 Å². The minimum Gasteiger partial charge on any atom is -0.497 e. The molecule has 206 valence electrons. The molecule has 8 nitrogen and oxygen atoms in total. The van der Waals surface area contributed by atoms with Gasteiger partial charge in [0.2, 0.25) is 5.91 Å². The molecule has 1 aliphatic carbocycles. The molecule has 1 atom stereocenters. The van der Waals surface area contributed by atoms with Gasteiger partial charge in [0.25, 0.3) is 5.91 Å². The van der Waals surface area contributed by atoms with Crippen molar-refractivity contribution >= 4 is 34.7 Å². The largest absolute Gasteiger partial charge is 0.497 e. The molecule has 3 N–H and O–H groups in total. The number of para-hydroxylation sites is 1. The van der Waals surface area contributed by atoms with E-state index in [4.69, 9.17) is 15.2 Å². The van der Waals surface area contributed by atoms with Crippen molar-refractivity contribution < 1.29 is 19.1 Å². The van der Waals surface area contributed by atoms with Crippen LogP contribution in [-0.4, -0.2) is 36.4 Å². The topological polar surface area (TPSA) is 107 Å². The molecule has 9 heteroatoms. The quantitative estimate of drug-likeness (QED) is 0.268. The lowest BCUT2D eigenvalue weighted by Gasteiger charge is -2.32. The van der Waals surface area contributed by atoms with Crippen LogP contribution in [-0.2, 0) is 4.79 Å². The molecule has 0 aliphatic heterocycles. The van der Waals surface area contributed by atoms with Crippen molar-refractivity contribution in [2.45, 2.75) is 37.8 Å². The summed E-state index contributed by atoms with van der Waals surface area (Å²) >= 11 is 1.03. The predicted molar refractivity (Wildman–Crippen MR) is 158 cm³/mol. The number of nitrogens with one attached hydrogen (secondary N) is 1. The first-order chi connectivity index (χ1) is 19.5. The second-order valence-corrected chi connectivity index (χ2v) is 10.5. The Morgan fingerprint density at radius 2 is 1.52 bits per heavy atom. The number of nitrogen functional groups attached to an aromatic ring is 1. The maximum absolute atomic E-state index is 14.4. The highest BCUT2D eigenvalue weighted by atomic mass is 32.1. The summed E-state index contributed by atoms with van der Waals surface area (Å²) in [5.74, 6) is 0.725. The van der Waals surface area contributed by atoms with Crippen molar-refractivity contribution in [1.29, 1.82) is 0 Å². The highest BCUT2D eigenvalue weighted by molar-refractivity contribution is 7.09. The fourth-order valence-corrected chi connectivity index (χ4v) is 5.80. The molecule has 1 aliphatic rings. The molecule has 0 spiro atoms. The minimum absolute atomic E-state index is 0.0797. The molecule has 1 saturated carbocycles. The highest BCUT2D eigenvalue weighted by Gasteiger charge is 2.36. The monoisotopic (exact) mass is 556 g/mol. The highest BCUT2D eigenvalue weighted by Crippen LogP contribution is 2.37. The van der Waals surface area contributed by atoms with E-state index in [1.54, 1.807) is 26.4 Å². The number of nitrogens with zero attached hydrogens (tertiary/aromatic N) is 2. The molecular formula is C31H32N4O4S. The molecule has 5 rings (SSSR count). The Morgan fingerprint density at radius 3 is 2.12 bits per heavy atom. The fraction of sp³-hybridized carbons (Fsp3) is 0.258. The number of carbonyl (C=O) groups excluding carboxylic acids is 2. The Balaban J connectivity index is 1.58. The van der Waals surface area contributed by atoms with Gasteiger partial charge in [0.1, 0.15) is 28.1 Å². The number of aromatic nitrogens is 1. The van der Waals surface area contributed by atoms with Crippen molar-refractivity contribution in [1.82, 2.24) is 9.69 Å². The smallest absolute Gasteiger partial charge is 0.273 e. The van der Waals surface area contributed by atoms with Crippen molar-refractivity contribution in [2.24, 2.45) is 0 Å². The van der Waals surface area contributed by atoms with E-state index in [1.807, 2.05) is 66.7 Å². The first-order valence-corrected chi connectivity index (χ1v) is 14.0. The lowest BCUT2D eigenvalue weighted by atomic mass is 10.0. The Kier molecular flexibility index (Phi) is 8.31. The second kappa shape index (κ2) is 12.2. The Labute approximate surface area is 237 Å². The number of benzene rings is 3. The van der Waals surface area contributed by atoms with Crippen molar-refractivity contribution in [2.75, 3.05) is 24.9 Å². The third kappa shape index (κ3) is 5.65. The SMILES string of the molecule is COc1ccc(-c2nsc(C(=O)N(c3ccccc3)C(C(=O)NC3CCCC3)c3ccc(OC)cc3)c2N)cc1. The van der Waals surface area contributed by atoms with Crippen LogP contribution in [0.3, 0.4) is 0 Å². The van der Waals surface area contributed by atoms with E-state index in [0.717, 1.165) is 42.8 Å². The van der Waals surface area contributed by atoms with Crippen LogP contribution in [0.2, 0.25) is 0 Å². The lowest BCUT2D eigenvalue weighted by Crippen LogP contribution is -2.46. The van der Waals surface area contributed by atoms with Gasteiger partial charge in [-0.05, 0) is 78.5 Å². The van der Waals surface area contributed by atoms with E-state index >= 15 is 0 Å². The summed E-state index contributed by atoms with van der Waals surface area (Å²) in [5, 5.41) is 3.20. The Bertz CT molecular complexity index is 1450. The number of ether oxygens (including phenoxy) is 2. The molecular weight excluding hydrogens is 524 g/mol. The average molecular weight is 557 g/mol. The number of hydrogen-bond acceptors (Lipinski definition) is 7. The van der Waals surface area contributed by atoms with Crippen LogP contribution in [0.15, 0.2) is 78.9 Å². The molecule has 1 heterocycles. The van der Waals surface area contributed by atoms with Crippen LogP contribution in [0, 0.1) is 0 Å². The Morgan fingerprint density at radius 1 is 0.925 bits per heavy atom. The standard InChI is InChI=1S/C31H32N4O4S/c1-38-24-16-12-20(13-17-24)27-26(32)29(40-34-27)31(37)35(23-10-4-3-5-11-23)28(21-14-18-25(39-2)19-15-21)30(36)33-22-8-6-7-9-22/h3-5,10-19,22,28H,6-9,32H2,1-2H3,(H,33,36). The van der Waals surface area contributed by atoms with Crippen molar-refractivity contribution in [3.8, 4) is 22.8 Å². The number of anilines is 2. The van der Waals surface area contributed by atoms with Crippen LogP contribution >= 0.6 is 11.5 Å². The second-order valence-electron chi connectivity index (χ2n) is 9.68. The van der Waals surface area contributed by atoms with Gasteiger partial charge < -0.3 is 20.5 Å². The van der Waals surface area contributed by atoms with Crippen LogP contribution in [0.5, 0.6) is 11.5 Å². The van der Waals surface area contributed by atoms with Crippen LogP contribution in [0.25, 0.3) is 11.3 Å². The van der Waals surface area contributed by atoms with E-state index in [2.05, 4.69) is 9.69 Å². The molecule has 2 amide bonds. The molecule has 0 radical (unpaired) electrons. The zero-order valence-electron chi connectivity index (χ0n) is 22.5. The summed E-state index contributed by atoms with van der Waals surface area (Å²) in [4.78, 5) is 30.2. The molecule has 3 aromatic carbocycles. The van der Waals surface area contributed by atoms with E-state index in [9.17, 15) is 9.59 Å². The van der Waals surface area contributed by atoms with Crippen molar-refractivity contribution in [3.05, 3.63) is 89.3 Å². The summed E-state index contributed by atoms with van der Waals surface area (Å²) in [7, 11) is 3.19. The summed E-state index contributed by atoms with van der Waals surface area (Å²) in [6, 6.07) is 22.9. The van der Waals surface area contributed by atoms with Gasteiger partial charge in [0.05, 0.1) is 19.9 Å². The predicted octanol–water partition coefficient (Wildman–Crippen LogP) is 5.86. The number of carbonyl (C=O) groups is 2. The Hall–Kier alpha value is -4.37. The molecule has 0 bridgehead atoms. The summed E-state index contributed by atoms with van der Waals surface area (Å²) in [6.07, 6.45) is 4.00. The van der Waals surface area contributed by atoms with Crippen LogP contribution in [0.4, 0.5) is 11.4 Å². The van der Waals surface area contributed by atoms with Gasteiger partial charge in [-0.25, -0.2) is 0 Å². The normalized spacial score (nSPS) is 13.9. The fourth-order valence-electron chi connectivity index (χ4n) is 5.04. The molecule has 1 aromatic heterocycles. The third-order valence-corrected chi connectivity index (χ3v) is 8.03. The molecule has 0 saturated heterocycles. The summed E-state index contributed by atoms with van der Waals surface area (Å²) < 4.78 is 15.1. The van der Waals surface area contributed by atoms with Gasteiger partial charge in [-0.2, -0.15) is 4.37 Å². The molecule has 1 unspecified atom stereocenters. The number of methoxy groups -OCH3 is 2. The third-order valence-electron chi connectivity index (χ3n) is 7.18. The van der Waals surface area contributed by atoms with Gasteiger partial charge in [0.15, 0.2) is 0 Å². The first-order valence-electron chi connectivity index (χ1n) is 13.2.